The summed E-state index contributed by atoms with van der Waals surface area (Å²) in [5.74, 6) is 0.715. The van der Waals surface area contributed by atoms with Crippen molar-refractivity contribution in [3.63, 3.8) is 0 Å². The van der Waals surface area contributed by atoms with Crippen LogP contribution in [0.15, 0.2) is 29.2 Å². The Kier molecular flexibility index (Phi) is 3.54. The van der Waals surface area contributed by atoms with Crippen LogP contribution in [0.25, 0.3) is 0 Å². The van der Waals surface area contributed by atoms with Crippen molar-refractivity contribution in [3.8, 4) is 0 Å². The standard InChI is InChI=1S/C13H19NO2S/c1-14-12(10-7-8-10)9-11-5-3-4-6-13(11)17(2,15)16/h3-6,10,12,14H,7-9H2,1-2H3. The molecule has 1 saturated carbocycles. The van der Waals surface area contributed by atoms with Gasteiger partial charge in [0.15, 0.2) is 9.84 Å². The normalized spacial score (nSPS) is 18.0. The van der Waals surface area contributed by atoms with Crippen LogP contribution < -0.4 is 5.32 Å². The number of hydrogen-bond donors (Lipinski definition) is 1. The number of hydrogen-bond acceptors (Lipinski definition) is 3. The van der Waals surface area contributed by atoms with E-state index in [1.807, 2.05) is 19.2 Å². The Bertz CT molecular complexity index is 492. The van der Waals surface area contributed by atoms with E-state index in [1.54, 1.807) is 12.1 Å². The molecule has 1 unspecified atom stereocenters. The van der Waals surface area contributed by atoms with Crippen LogP contribution in [0.1, 0.15) is 18.4 Å². The quantitative estimate of drug-likeness (QED) is 0.867. The minimum atomic E-state index is -3.12. The molecule has 0 amide bonds. The lowest BCUT2D eigenvalue weighted by atomic mass is 10.0. The van der Waals surface area contributed by atoms with Crippen LogP contribution in [0.2, 0.25) is 0 Å². The van der Waals surface area contributed by atoms with Gasteiger partial charge in [-0.1, -0.05) is 18.2 Å². The Balaban J connectivity index is 2.25. The molecule has 0 saturated heterocycles. The summed E-state index contributed by atoms with van der Waals surface area (Å²) in [6.45, 7) is 0. The average Bonchev–Trinajstić information content (AvgIpc) is 3.09. The van der Waals surface area contributed by atoms with Crippen molar-refractivity contribution in [1.82, 2.24) is 5.32 Å². The summed E-state index contributed by atoms with van der Waals surface area (Å²) in [5, 5.41) is 3.30. The predicted molar refractivity (Wildman–Crippen MR) is 68.8 cm³/mol. The maximum absolute atomic E-state index is 11.7. The third-order valence-electron chi connectivity index (χ3n) is 3.37. The molecule has 0 heterocycles. The molecule has 1 fully saturated rings. The second-order valence-electron chi connectivity index (χ2n) is 4.82. The van der Waals surface area contributed by atoms with Crippen molar-refractivity contribution in [2.24, 2.45) is 5.92 Å². The van der Waals surface area contributed by atoms with Crippen LogP contribution in [-0.4, -0.2) is 27.8 Å². The van der Waals surface area contributed by atoms with Crippen molar-refractivity contribution in [1.29, 1.82) is 0 Å². The third kappa shape index (κ3) is 3.07. The van der Waals surface area contributed by atoms with Gasteiger partial charge in [-0.3, -0.25) is 0 Å². The Morgan fingerprint density at radius 1 is 1.35 bits per heavy atom. The minimum absolute atomic E-state index is 0.401. The van der Waals surface area contributed by atoms with Crippen molar-refractivity contribution < 1.29 is 8.42 Å². The molecule has 1 aromatic carbocycles. The lowest BCUT2D eigenvalue weighted by molar-refractivity contribution is 0.496. The minimum Gasteiger partial charge on any atom is -0.316 e. The SMILES string of the molecule is CNC(Cc1ccccc1S(C)(=O)=O)C1CC1. The van der Waals surface area contributed by atoms with Gasteiger partial charge < -0.3 is 5.32 Å². The molecule has 0 bridgehead atoms. The molecule has 3 nitrogen and oxygen atoms in total. The number of benzene rings is 1. The second kappa shape index (κ2) is 4.78. The number of sulfone groups is 1. The Morgan fingerprint density at radius 3 is 2.53 bits per heavy atom. The summed E-state index contributed by atoms with van der Waals surface area (Å²) in [7, 11) is -1.17. The fraction of sp³-hybridized carbons (Fsp3) is 0.538. The highest BCUT2D eigenvalue weighted by molar-refractivity contribution is 7.90. The zero-order valence-electron chi connectivity index (χ0n) is 10.3. The molecule has 0 radical (unpaired) electrons. The molecule has 1 aliphatic rings. The number of likely N-dealkylation sites (N-methyl/N-ethyl adjacent to an activating group) is 1. The highest BCUT2D eigenvalue weighted by Crippen LogP contribution is 2.34. The van der Waals surface area contributed by atoms with Crippen LogP contribution in [0.5, 0.6) is 0 Å². The van der Waals surface area contributed by atoms with Gasteiger partial charge in [0.25, 0.3) is 0 Å². The first-order valence-corrected chi connectivity index (χ1v) is 7.86. The summed E-state index contributed by atoms with van der Waals surface area (Å²) in [4.78, 5) is 0.473. The topological polar surface area (TPSA) is 46.2 Å². The monoisotopic (exact) mass is 253 g/mol. The molecule has 94 valence electrons. The van der Waals surface area contributed by atoms with Gasteiger partial charge in [-0.15, -0.1) is 0 Å². The molecule has 0 spiro atoms. The van der Waals surface area contributed by atoms with Crippen LogP contribution >= 0.6 is 0 Å². The predicted octanol–water partition coefficient (Wildman–Crippen LogP) is 1.63. The molecule has 1 atom stereocenters. The van der Waals surface area contributed by atoms with E-state index in [2.05, 4.69) is 5.32 Å². The van der Waals surface area contributed by atoms with E-state index in [0.29, 0.717) is 16.9 Å². The number of nitrogens with one attached hydrogen (secondary N) is 1. The summed E-state index contributed by atoms with van der Waals surface area (Å²) in [6.07, 6.45) is 4.58. The molecule has 17 heavy (non-hydrogen) atoms. The van der Waals surface area contributed by atoms with Gasteiger partial charge in [-0.2, -0.15) is 0 Å². The van der Waals surface area contributed by atoms with Crippen LogP contribution in [0, 0.1) is 5.92 Å². The first kappa shape index (κ1) is 12.6. The Morgan fingerprint density at radius 2 is 2.00 bits per heavy atom. The van der Waals surface area contributed by atoms with E-state index in [9.17, 15) is 8.42 Å². The molecule has 2 rings (SSSR count). The lowest BCUT2D eigenvalue weighted by Crippen LogP contribution is -2.30. The van der Waals surface area contributed by atoms with Crippen molar-refractivity contribution >= 4 is 9.84 Å². The van der Waals surface area contributed by atoms with Crippen molar-refractivity contribution in [2.75, 3.05) is 13.3 Å². The van der Waals surface area contributed by atoms with E-state index in [0.717, 1.165) is 12.0 Å². The molecule has 0 aromatic heterocycles. The third-order valence-corrected chi connectivity index (χ3v) is 4.57. The Labute approximate surface area is 103 Å². The molecular formula is C13H19NO2S. The van der Waals surface area contributed by atoms with Gasteiger partial charge in [0, 0.05) is 12.3 Å². The molecule has 1 aromatic rings. The number of rotatable bonds is 5. The van der Waals surface area contributed by atoms with Gasteiger partial charge in [-0.05, 0) is 43.9 Å². The second-order valence-corrected chi connectivity index (χ2v) is 6.80. The van der Waals surface area contributed by atoms with Crippen LogP contribution in [0.3, 0.4) is 0 Å². The maximum atomic E-state index is 11.7. The average molecular weight is 253 g/mol. The Hall–Kier alpha value is -0.870. The first-order chi connectivity index (χ1) is 8.02. The van der Waals surface area contributed by atoms with E-state index in [1.165, 1.54) is 19.1 Å². The molecular weight excluding hydrogens is 234 g/mol. The van der Waals surface area contributed by atoms with Gasteiger partial charge in [-0.25, -0.2) is 8.42 Å². The zero-order chi connectivity index (χ0) is 12.5. The highest BCUT2D eigenvalue weighted by Gasteiger charge is 2.30. The van der Waals surface area contributed by atoms with E-state index < -0.39 is 9.84 Å². The van der Waals surface area contributed by atoms with Gasteiger partial charge in [0.2, 0.25) is 0 Å². The molecule has 4 heteroatoms. The summed E-state index contributed by atoms with van der Waals surface area (Å²) >= 11 is 0. The van der Waals surface area contributed by atoms with Crippen LogP contribution in [-0.2, 0) is 16.3 Å². The van der Waals surface area contributed by atoms with Crippen LogP contribution in [0.4, 0.5) is 0 Å². The summed E-state index contributed by atoms with van der Waals surface area (Å²) in [6, 6.07) is 7.71. The molecule has 0 aliphatic heterocycles. The first-order valence-electron chi connectivity index (χ1n) is 5.97. The maximum Gasteiger partial charge on any atom is 0.175 e. The fourth-order valence-electron chi connectivity index (χ4n) is 2.27. The lowest BCUT2D eigenvalue weighted by Gasteiger charge is -2.17. The summed E-state index contributed by atoms with van der Waals surface area (Å²) in [5.41, 5.74) is 0.932. The van der Waals surface area contributed by atoms with E-state index in [-0.39, 0.29) is 0 Å². The van der Waals surface area contributed by atoms with Crippen molar-refractivity contribution in [3.05, 3.63) is 29.8 Å². The largest absolute Gasteiger partial charge is 0.316 e. The highest BCUT2D eigenvalue weighted by atomic mass is 32.2. The smallest absolute Gasteiger partial charge is 0.175 e. The molecule has 1 aliphatic carbocycles. The summed E-state index contributed by atoms with van der Waals surface area (Å²) < 4.78 is 23.4. The fourth-order valence-corrected chi connectivity index (χ4v) is 3.23. The zero-order valence-corrected chi connectivity index (χ0v) is 11.1. The molecule has 1 N–H and O–H groups in total. The van der Waals surface area contributed by atoms with Gasteiger partial charge in [0.05, 0.1) is 4.90 Å². The van der Waals surface area contributed by atoms with Crippen molar-refractivity contribution in [2.45, 2.75) is 30.2 Å². The van der Waals surface area contributed by atoms with Gasteiger partial charge in [0.1, 0.15) is 0 Å². The van der Waals surface area contributed by atoms with Gasteiger partial charge >= 0.3 is 0 Å². The van der Waals surface area contributed by atoms with E-state index in [4.69, 9.17) is 0 Å². The van der Waals surface area contributed by atoms with E-state index >= 15 is 0 Å².